The minimum atomic E-state index is 0.100. The maximum absolute atomic E-state index is 8.82. The van der Waals surface area contributed by atoms with Gasteiger partial charge in [0.05, 0.1) is 31.6 Å². The number of hydrogen-bond acceptors (Lipinski definition) is 4. The molecule has 6 heteroatoms. The van der Waals surface area contributed by atoms with Gasteiger partial charge >= 0.3 is 0 Å². The number of aromatic nitrogens is 4. The highest BCUT2D eigenvalue weighted by molar-refractivity contribution is 5.33. The summed E-state index contributed by atoms with van der Waals surface area (Å²) in [4.78, 5) is 0. The summed E-state index contributed by atoms with van der Waals surface area (Å²) in [5, 5.41) is 20.7. The summed E-state index contributed by atoms with van der Waals surface area (Å²) < 4.78 is 3.69. The van der Waals surface area contributed by atoms with E-state index in [1.54, 1.807) is 4.68 Å². The molecule has 2 aromatic heterocycles. The molecule has 0 spiro atoms. The van der Waals surface area contributed by atoms with E-state index in [-0.39, 0.29) is 6.61 Å². The Labute approximate surface area is 106 Å². The average molecular weight is 249 g/mol. The van der Waals surface area contributed by atoms with Crippen LogP contribution in [0.3, 0.4) is 0 Å². The normalized spacial score (nSPS) is 10.8. The van der Waals surface area contributed by atoms with Crippen LogP contribution in [0, 0.1) is 6.92 Å². The summed E-state index contributed by atoms with van der Waals surface area (Å²) in [5.41, 5.74) is 2.35. The maximum Gasteiger partial charge on any atom is 0.148 e. The van der Waals surface area contributed by atoms with Gasteiger partial charge in [0.1, 0.15) is 5.82 Å². The van der Waals surface area contributed by atoms with Crippen LogP contribution in [0.5, 0.6) is 0 Å². The van der Waals surface area contributed by atoms with E-state index < -0.39 is 0 Å². The van der Waals surface area contributed by atoms with Crippen LogP contribution in [0.15, 0.2) is 18.5 Å². The lowest BCUT2D eigenvalue weighted by Crippen LogP contribution is -2.10. The van der Waals surface area contributed by atoms with Crippen molar-refractivity contribution >= 4 is 5.82 Å². The number of hydrogen-bond donors (Lipinski definition) is 2. The summed E-state index contributed by atoms with van der Waals surface area (Å²) in [5.74, 6) is 0.812. The second kappa shape index (κ2) is 5.68. The highest BCUT2D eigenvalue weighted by Crippen LogP contribution is 2.10. The van der Waals surface area contributed by atoms with Gasteiger partial charge < -0.3 is 10.4 Å². The quantitative estimate of drug-likeness (QED) is 0.802. The van der Waals surface area contributed by atoms with E-state index in [0.717, 1.165) is 12.4 Å². The fourth-order valence-corrected chi connectivity index (χ4v) is 1.86. The molecule has 98 valence electrons. The molecule has 0 bridgehead atoms. The zero-order chi connectivity index (χ0) is 13.0. The molecule has 0 atom stereocenters. The van der Waals surface area contributed by atoms with Crippen LogP contribution in [0.2, 0.25) is 0 Å². The number of anilines is 1. The Balaban J connectivity index is 1.99. The van der Waals surface area contributed by atoms with Crippen molar-refractivity contribution < 1.29 is 5.11 Å². The van der Waals surface area contributed by atoms with E-state index in [2.05, 4.69) is 29.4 Å². The third kappa shape index (κ3) is 2.70. The third-order valence-electron chi connectivity index (χ3n) is 2.86. The summed E-state index contributed by atoms with van der Waals surface area (Å²) in [6, 6.07) is 1.90. The van der Waals surface area contributed by atoms with Crippen molar-refractivity contribution in [3.8, 4) is 0 Å². The molecule has 2 heterocycles. The van der Waals surface area contributed by atoms with Crippen molar-refractivity contribution in [3.63, 3.8) is 0 Å². The van der Waals surface area contributed by atoms with E-state index in [1.807, 2.05) is 23.1 Å². The molecule has 0 fully saturated rings. The van der Waals surface area contributed by atoms with Gasteiger partial charge in [-0.1, -0.05) is 0 Å². The maximum atomic E-state index is 8.82. The number of aryl methyl sites for hydroxylation is 2. The van der Waals surface area contributed by atoms with Gasteiger partial charge in [-0.05, 0) is 19.4 Å². The van der Waals surface area contributed by atoms with Crippen LogP contribution in [-0.4, -0.2) is 31.3 Å². The fourth-order valence-electron chi connectivity index (χ4n) is 1.86. The highest BCUT2D eigenvalue weighted by Gasteiger charge is 2.06. The fraction of sp³-hybridized carbons (Fsp3) is 0.500. The van der Waals surface area contributed by atoms with E-state index in [9.17, 15) is 0 Å². The van der Waals surface area contributed by atoms with E-state index in [0.29, 0.717) is 13.1 Å². The summed E-state index contributed by atoms with van der Waals surface area (Å²) >= 11 is 0. The Bertz CT molecular complexity index is 502. The number of aliphatic hydroxyl groups excluding tert-OH is 1. The molecule has 0 saturated carbocycles. The Morgan fingerprint density at radius 1 is 1.44 bits per heavy atom. The van der Waals surface area contributed by atoms with Gasteiger partial charge in [0.25, 0.3) is 0 Å². The van der Waals surface area contributed by atoms with Crippen LogP contribution in [-0.2, 0) is 19.6 Å². The Hall–Kier alpha value is -1.82. The zero-order valence-electron chi connectivity index (χ0n) is 10.8. The second-order valence-corrected chi connectivity index (χ2v) is 4.13. The van der Waals surface area contributed by atoms with Crippen LogP contribution in [0.4, 0.5) is 5.82 Å². The molecule has 0 radical (unpaired) electrons. The number of nitrogens with one attached hydrogen (secondary N) is 1. The van der Waals surface area contributed by atoms with Crippen molar-refractivity contribution in [2.75, 3.05) is 11.9 Å². The van der Waals surface area contributed by atoms with Crippen molar-refractivity contribution in [1.29, 1.82) is 0 Å². The summed E-state index contributed by atoms with van der Waals surface area (Å²) in [6.07, 6.45) is 3.73. The number of rotatable bonds is 6. The Morgan fingerprint density at radius 2 is 2.28 bits per heavy atom. The zero-order valence-corrected chi connectivity index (χ0v) is 10.8. The van der Waals surface area contributed by atoms with Crippen LogP contribution < -0.4 is 5.32 Å². The van der Waals surface area contributed by atoms with Crippen molar-refractivity contribution in [2.24, 2.45) is 0 Å². The molecule has 0 saturated heterocycles. The SMILES string of the molecule is CCn1ncc(C)c1CNc1ccn(CCO)n1. The van der Waals surface area contributed by atoms with Gasteiger partial charge in [-0.2, -0.15) is 10.2 Å². The molecule has 2 N–H and O–H groups in total. The molecular formula is C12H19N5O. The van der Waals surface area contributed by atoms with E-state index >= 15 is 0 Å². The van der Waals surface area contributed by atoms with Crippen LogP contribution in [0.1, 0.15) is 18.2 Å². The molecule has 0 aliphatic rings. The smallest absolute Gasteiger partial charge is 0.148 e. The Kier molecular flexibility index (Phi) is 3.99. The van der Waals surface area contributed by atoms with Gasteiger partial charge in [-0.3, -0.25) is 9.36 Å². The predicted octanol–water partition coefficient (Wildman–Crippen LogP) is 1.01. The molecule has 2 rings (SSSR count). The topological polar surface area (TPSA) is 67.9 Å². The predicted molar refractivity (Wildman–Crippen MR) is 69.3 cm³/mol. The molecule has 6 nitrogen and oxygen atoms in total. The first kappa shape index (κ1) is 12.6. The minimum absolute atomic E-state index is 0.100. The molecule has 0 unspecified atom stereocenters. The van der Waals surface area contributed by atoms with Gasteiger partial charge in [-0.15, -0.1) is 0 Å². The highest BCUT2D eigenvalue weighted by atomic mass is 16.3. The van der Waals surface area contributed by atoms with Crippen molar-refractivity contribution in [1.82, 2.24) is 19.6 Å². The Morgan fingerprint density at radius 3 is 3.00 bits per heavy atom. The number of nitrogens with zero attached hydrogens (tertiary/aromatic N) is 4. The van der Waals surface area contributed by atoms with E-state index in [4.69, 9.17) is 5.11 Å². The van der Waals surface area contributed by atoms with Gasteiger partial charge in [0.15, 0.2) is 0 Å². The lowest BCUT2D eigenvalue weighted by atomic mass is 10.3. The third-order valence-corrected chi connectivity index (χ3v) is 2.86. The first-order valence-corrected chi connectivity index (χ1v) is 6.14. The van der Waals surface area contributed by atoms with Gasteiger partial charge in [-0.25, -0.2) is 0 Å². The van der Waals surface area contributed by atoms with Crippen molar-refractivity contribution in [3.05, 3.63) is 29.7 Å². The monoisotopic (exact) mass is 249 g/mol. The molecule has 2 aromatic rings. The first-order chi connectivity index (χ1) is 8.74. The lowest BCUT2D eigenvalue weighted by Gasteiger charge is -2.07. The molecule has 0 aliphatic heterocycles. The summed E-state index contributed by atoms with van der Waals surface area (Å²) in [7, 11) is 0. The molecule has 18 heavy (non-hydrogen) atoms. The largest absolute Gasteiger partial charge is 0.394 e. The van der Waals surface area contributed by atoms with Crippen molar-refractivity contribution in [2.45, 2.75) is 33.5 Å². The summed E-state index contributed by atoms with van der Waals surface area (Å²) in [6.45, 7) is 6.32. The van der Waals surface area contributed by atoms with E-state index in [1.165, 1.54) is 11.3 Å². The molecule has 0 aromatic carbocycles. The lowest BCUT2D eigenvalue weighted by molar-refractivity contribution is 0.269. The molecular weight excluding hydrogens is 230 g/mol. The number of aliphatic hydroxyl groups is 1. The van der Waals surface area contributed by atoms with Crippen LogP contribution >= 0.6 is 0 Å². The van der Waals surface area contributed by atoms with Gasteiger partial charge in [0, 0.05) is 18.8 Å². The molecule has 0 amide bonds. The van der Waals surface area contributed by atoms with Crippen LogP contribution in [0.25, 0.3) is 0 Å². The van der Waals surface area contributed by atoms with Gasteiger partial charge in [0.2, 0.25) is 0 Å². The second-order valence-electron chi connectivity index (χ2n) is 4.13. The minimum Gasteiger partial charge on any atom is -0.394 e. The standard InChI is InChI=1S/C12H19N5O/c1-3-17-11(10(2)8-14-17)9-13-12-4-5-16(15-12)6-7-18/h4-5,8,18H,3,6-7,9H2,1-2H3,(H,13,15). The average Bonchev–Trinajstić information content (AvgIpc) is 2.94. The molecule has 0 aliphatic carbocycles. The first-order valence-electron chi connectivity index (χ1n) is 6.14.